The van der Waals surface area contributed by atoms with Gasteiger partial charge in [0.2, 0.25) is 23.6 Å². The molecule has 28 heavy (non-hydrogen) atoms. The maximum Gasteiger partial charge on any atom is 0.322 e. The second-order valence-corrected chi connectivity index (χ2v) is 6.86. The molecule has 158 valence electrons. The van der Waals surface area contributed by atoms with Crippen molar-refractivity contribution in [3.8, 4) is 0 Å². The molecular formula is C17H29N5O6. The third kappa shape index (κ3) is 7.51. The van der Waals surface area contributed by atoms with E-state index in [2.05, 4.69) is 21.3 Å². The van der Waals surface area contributed by atoms with Crippen molar-refractivity contribution in [1.82, 2.24) is 21.3 Å². The Balaban J connectivity index is 2.84. The number of nitrogens with one attached hydrogen (secondary N) is 4. The van der Waals surface area contributed by atoms with Crippen molar-refractivity contribution in [1.29, 1.82) is 0 Å². The highest BCUT2D eigenvalue weighted by Crippen LogP contribution is 2.10. The highest BCUT2D eigenvalue weighted by atomic mass is 16.4. The third-order valence-corrected chi connectivity index (χ3v) is 4.62. The van der Waals surface area contributed by atoms with Gasteiger partial charge in [-0.2, -0.15) is 0 Å². The summed E-state index contributed by atoms with van der Waals surface area (Å²) in [5.41, 5.74) is 5.19. The number of rotatable bonds is 11. The number of carbonyl (C=O) groups is 5. The number of nitrogens with two attached hydrogens (primary N) is 1. The van der Waals surface area contributed by atoms with Crippen LogP contribution in [0.15, 0.2) is 0 Å². The van der Waals surface area contributed by atoms with E-state index >= 15 is 0 Å². The zero-order valence-corrected chi connectivity index (χ0v) is 16.1. The number of hydrogen-bond donors (Lipinski definition) is 6. The van der Waals surface area contributed by atoms with Crippen LogP contribution in [0.2, 0.25) is 0 Å². The third-order valence-electron chi connectivity index (χ3n) is 4.62. The van der Waals surface area contributed by atoms with Gasteiger partial charge in [-0.15, -0.1) is 0 Å². The van der Waals surface area contributed by atoms with Crippen LogP contribution in [0.25, 0.3) is 0 Å². The lowest BCUT2D eigenvalue weighted by Gasteiger charge is -2.26. The minimum atomic E-state index is -1.23. The van der Waals surface area contributed by atoms with Gasteiger partial charge in [0.05, 0.1) is 12.5 Å². The van der Waals surface area contributed by atoms with E-state index in [9.17, 15) is 24.0 Å². The summed E-state index contributed by atoms with van der Waals surface area (Å²) in [6, 6.07) is -2.70. The van der Waals surface area contributed by atoms with Crippen LogP contribution in [0.1, 0.15) is 39.5 Å². The fourth-order valence-corrected chi connectivity index (χ4v) is 2.82. The number of amides is 4. The quantitative estimate of drug-likeness (QED) is 0.229. The van der Waals surface area contributed by atoms with Crippen LogP contribution in [-0.2, 0) is 24.0 Å². The Morgan fingerprint density at radius 1 is 1.18 bits per heavy atom. The van der Waals surface area contributed by atoms with E-state index in [1.54, 1.807) is 6.92 Å². The lowest BCUT2D eigenvalue weighted by molar-refractivity contribution is -0.139. The smallest absolute Gasteiger partial charge is 0.322 e. The molecule has 0 spiro atoms. The van der Waals surface area contributed by atoms with Gasteiger partial charge in [0.1, 0.15) is 18.6 Å². The molecule has 11 nitrogen and oxygen atoms in total. The summed E-state index contributed by atoms with van der Waals surface area (Å²) >= 11 is 0. The Hall–Kier alpha value is -2.69. The minimum absolute atomic E-state index is 0.306. The molecule has 0 aliphatic carbocycles. The summed E-state index contributed by atoms with van der Waals surface area (Å²) in [6.45, 7) is 3.62. The molecule has 1 fully saturated rings. The van der Waals surface area contributed by atoms with Crippen molar-refractivity contribution in [3.63, 3.8) is 0 Å². The molecule has 0 aromatic heterocycles. The molecule has 0 aromatic rings. The largest absolute Gasteiger partial charge is 0.480 e. The average Bonchev–Trinajstić information content (AvgIpc) is 3.17. The number of carboxylic acids is 1. The highest BCUT2D eigenvalue weighted by molar-refractivity contribution is 5.96. The van der Waals surface area contributed by atoms with E-state index in [1.165, 1.54) is 0 Å². The summed E-state index contributed by atoms with van der Waals surface area (Å²) in [6.07, 6.45) is 1.55. The SMILES string of the molecule is CCC(C)C(NC(=O)C(CC(N)=O)NC(=O)C1CCCN1)C(=O)NCC(=O)O. The summed E-state index contributed by atoms with van der Waals surface area (Å²) in [7, 11) is 0. The van der Waals surface area contributed by atoms with Gasteiger partial charge < -0.3 is 32.1 Å². The topological polar surface area (TPSA) is 180 Å². The van der Waals surface area contributed by atoms with Gasteiger partial charge in [-0.3, -0.25) is 24.0 Å². The van der Waals surface area contributed by atoms with Crippen molar-refractivity contribution >= 4 is 29.6 Å². The van der Waals surface area contributed by atoms with Crippen LogP contribution in [0, 0.1) is 5.92 Å². The second-order valence-electron chi connectivity index (χ2n) is 6.86. The van der Waals surface area contributed by atoms with Crippen LogP contribution in [0.4, 0.5) is 0 Å². The maximum absolute atomic E-state index is 12.7. The zero-order valence-electron chi connectivity index (χ0n) is 16.1. The summed E-state index contributed by atoms with van der Waals surface area (Å²) in [4.78, 5) is 59.2. The lowest BCUT2D eigenvalue weighted by atomic mass is 9.97. The Kier molecular flexibility index (Phi) is 9.36. The van der Waals surface area contributed by atoms with Gasteiger partial charge in [0.25, 0.3) is 0 Å². The van der Waals surface area contributed by atoms with Crippen LogP contribution in [0.5, 0.6) is 0 Å². The number of carbonyl (C=O) groups excluding carboxylic acids is 4. The maximum atomic E-state index is 12.7. The normalized spacial score (nSPS) is 19.1. The van der Waals surface area contributed by atoms with E-state index in [0.29, 0.717) is 19.4 Å². The van der Waals surface area contributed by atoms with Crippen molar-refractivity contribution in [3.05, 3.63) is 0 Å². The minimum Gasteiger partial charge on any atom is -0.480 e. The van der Waals surface area contributed by atoms with Crippen LogP contribution in [0.3, 0.4) is 0 Å². The zero-order chi connectivity index (χ0) is 21.3. The van der Waals surface area contributed by atoms with E-state index in [0.717, 1.165) is 6.42 Å². The Morgan fingerprint density at radius 3 is 2.36 bits per heavy atom. The molecule has 1 rings (SSSR count). The number of hydrogen-bond acceptors (Lipinski definition) is 6. The molecule has 0 radical (unpaired) electrons. The van der Waals surface area contributed by atoms with Crippen molar-refractivity contribution < 1.29 is 29.1 Å². The van der Waals surface area contributed by atoms with Gasteiger partial charge in [-0.05, 0) is 25.3 Å². The second kappa shape index (κ2) is 11.2. The molecule has 1 heterocycles. The molecule has 1 aliphatic heterocycles. The molecule has 0 saturated carbocycles. The number of carboxylic acid groups (broad SMARTS) is 1. The van der Waals surface area contributed by atoms with Gasteiger partial charge in [0, 0.05) is 0 Å². The van der Waals surface area contributed by atoms with Crippen LogP contribution < -0.4 is 27.0 Å². The van der Waals surface area contributed by atoms with Gasteiger partial charge >= 0.3 is 5.97 Å². The fourth-order valence-electron chi connectivity index (χ4n) is 2.82. The Bertz CT molecular complexity index is 605. The van der Waals surface area contributed by atoms with Gasteiger partial charge in [-0.1, -0.05) is 20.3 Å². The number of aliphatic carboxylic acids is 1. The van der Waals surface area contributed by atoms with Crippen molar-refractivity contribution in [2.45, 2.75) is 57.7 Å². The summed E-state index contributed by atoms with van der Waals surface area (Å²) < 4.78 is 0. The first kappa shape index (κ1) is 23.3. The molecule has 4 atom stereocenters. The fraction of sp³-hybridized carbons (Fsp3) is 0.706. The van der Waals surface area contributed by atoms with Crippen molar-refractivity contribution in [2.75, 3.05) is 13.1 Å². The Labute approximate surface area is 163 Å². The van der Waals surface area contributed by atoms with Crippen LogP contribution in [-0.4, -0.2) is 65.9 Å². The highest BCUT2D eigenvalue weighted by Gasteiger charge is 2.32. The predicted molar refractivity (Wildman–Crippen MR) is 98.8 cm³/mol. The average molecular weight is 399 g/mol. The standard InChI is InChI=1S/C17H29N5O6/c1-3-9(2)14(17(28)20-8-13(24)25)22-16(27)11(7-12(18)23)21-15(26)10-5-4-6-19-10/h9-11,14,19H,3-8H2,1-2H3,(H2,18,23)(H,20,28)(H,21,26)(H,22,27)(H,24,25). The monoisotopic (exact) mass is 399 g/mol. The molecule has 7 N–H and O–H groups in total. The molecule has 1 aliphatic rings. The molecular weight excluding hydrogens is 370 g/mol. The van der Waals surface area contributed by atoms with Gasteiger partial charge in [0.15, 0.2) is 0 Å². The number of primary amides is 1. The van der Waals surface area contributed by atoms with E-state index in [1.807, 2.05) is 6.92 Å². The molecule has 1 saturated heterocycles. The molecule has 0 bridgehead atoms. The van der Waals surface area contributed by atoms with E-state index in [-0.39, 0.29) is 5.92 Å². The first-order valence-corrected chi connectivity index (χ1v) is 9.27. The first-order chi connectivity index (χ1) is 13.1. The van der Waals surface area contributed by atoms with Gasteiger partial charge in [-0.25, -0.2) is 0 Å². The molecule has 11 heteroatoms. The molecule has 4 unspecified atom stereocenters. The lowest BCUT2D eigenvalue weighted by Crippen LogP contribution is -2.58. The summed E-state index contributed by atoms with van der Waals surface area (Å²) in [5.74, 6) is -4.12. The molecule has 0 aromatic carbocycles. The molecule has 4 amide bonds. The Morgan fingerprint density at radius 2 is 1.86 bits per heavy atom. The van der Waals surface area contributed by atoms with E-state index < -0.39 is 60.7 Å². The van der Waals surface area contributed by atoms with Crippen molar-refractivity contribution in [2.24, 2.45) is 11.7 Å². The predicted octanol–water partition coefficient (Wildman–Crippen LogP) is -2.17. The van der Waals surface area contributed by atoms with Crippen LogP contribution >= 0.6 is 0 Å². The van der Waals surface area contributed by atoms with E-state index in [4.69, 9.17) is 10.8 Å². The summed E-state index contributed by atoms with van der Waals surface area (Å²) in [5, 5.41) is 18.9. The first-order valence-electron chi connectivity index (χ1n) is 9.27.